The Bertz CT molecular complexity index is 224. The minimum Gasteiger partial charge on any atom is -0.313 e. The Morgan fingerprint density at radius 3 is 2.47 bits per heavy atom. The third-order valence-electron chi connectivity index (χ3n) is 3.72. The standard InChI is InChI=1S/C14H29NOS/c1-4-9-15-14(12(2)3)11-17(16)10-13-7-5-6-8-13/h12-15H,4-11H2,1-3H3. The summed E-state index contributed by atoms with van der Waals surface area (Å²) < 4.78 is 12.1. The molecular formula is C14H29NOS. The summed E-state index contributed by atoms with van der Waals surface area (Å²) in [5.74, 6) is 3.11. The minimum absolute atomic E-state index is 0.428. The fourth-order valence-corrected chi connectivity index (χ4v) is 4.42. The van der Waals surface area contributed by atoms with Gasteiger partial charge in [-0.05, 0) is 37.6 Å². The van der Waals surface area contributed by atoms with Gasteiger partial charge in [-0.3, -0.25) is 4.21 Å². The molecule has 1 saturated carbocycles. The van der Waals surface area contributed by atoms with Crippen LogP contribution in [0.4, 0.5) is 0 Å². The van der Waals surface area contributed by atoms with Gasteiger partial charge in [0.05, 0.1) is 0 Å². The molecule has 0 aliphatic heterocycles. The molecule has 2 unspecified atom stereocenters. The average Bonchev–Trinajstić information content (AvgIpc) is 2.76. The number of nitrogens with one attached hydrogen (secondary N) is 1. The summed E-state index contributed by atoms with van der Waals surface area (Å²) in [5, 5.41) is 3.53. The van der Waals surface area contributed by atoms with Crippen LogP contribution in [-0.2, 0) is 10.8 Å². The normalized spacial score (nSPS) is 20.9. The molecule has 2 nitrogen and oxygen atoms in total. The molecule has 1 aliphatic rings. The topological polar surface area (TPSA) is 29.1 Å². The summed E-state index contributed by atoms with van der Waals surface area (Å²) in [6.07, 6.45) is 6.46. The summed E-state index contributed by atoms with van der Waals surface area (Å²) in [7, 11) is -0.626. The highest BCUT2D eigenvalue weighted by molar-refractivity contribution is 7.85. The molecule has 3 heteroatoms. The van der Waals surface area contributed by atoms with E-state index in [9.17, 15) is 4.21 Å². The monoisotopic (exact) mass is 259 g/mol. The highest BCUT2D eigenvalue weighted by Crippen LogP contribution is 2.25. The van der Waals surface area contributed by atoms with E-state index in [1.165, 1.54) is 25.7 Å². The average molecular weight is 259 g/mol. The molecule has 0 saturated heterocycles. The molecular weight excluding hydrogens is 230 g/mol. The first-order valence-corrected chi connectivity index (χ1v) is 8.70. The molecule has 1 N–H and O–H groups in total. The lowest BCUT2D eigenvalue weighted by atomic mass is 10.1. The van der Waals surface area contributed by atoms with Gasteiger partial charge < -0.3 is 5.32 Å². The van der Waals surface area contributed by atoms with Crippen LogP contribution in [0.1, 0.15) is 52.9 Å². The van der Waals surface area contributed by atoms with Crippen LogP contribution in [0, 0.1) is 11.8 Å². The van der Waals surface area contributed by atoms with E-state index in [2.05, 4.69) is 26.1 Å². The molecule has 102 valence electrons. The summed E-state index contributed by atoms with van der Waals surface area (Å²) in [5.41, 5.74) is 0. The Labute approximate surface area is 109 Å². The van der Waals surface area contributed by atoms with E-state index in [1.807, 2.05) is 0 Å². The molecule has 17 heavy (non-hydrogen) atoms. The van der Waals surface area contributed by atoms with Crippen LogP contribution in [-0.4, -0.2) is 28.3 Å². The first kappa shape index (κ1) is 15.2. The molecule has 0 amide bonds. The minimum atomic E-state index is -0.626. The van der Waals surface area contributed by atoms with Crippen molar-refractivity contribution in [3.05, 3.63) is 0 Å². The van der Waals surface area contributed by atoms with Crippen molar-refractivity contribution in [1.29, 1.82) is 0 Å². The lowest BCUT2D eigenvalue weighted by Gasteiger charge is -2.22. The molecule has 0 radical (unpaired) electrons. The SMILES string of the molecule is CCCNC(CS(=O)CC1CCCC1)C(C)C. The van der Waals surface area contributed by atoms with Gasteiger partial charge >= 0.3 is 0 Å². The number of rotatable bonds is 8. The van der Waals surface area contributed by atoms with E-state index < -0.39 is 10.8 Å². The van der Waals surface area contributed by atoms with E-state index in [-0.39, 0.29) is 0 Å². The van der Waals surface area contributed by atoms with Crippen LogP contribution in [0.25, 0.3) is 0 Å². The van der Waals surface area contributed by atoms with Crippen molar-refractivity contribution >= 4 is 10.8 Å². The Kier molecular flexibility index (Phi) is 7.36. The first-order valence-electron chi connectivity index (χ1n) is 7.21. The van der Waals surface area contributed by atoms with Crippen molar-refractivity contribution < 1.29 is 4.21 Å². The Hall–Kier alpha value is 0.110. The van der Waals surface area contributed by atoms with Gasteiger partial charge in [0, 0.05) is 28.3 Å². The van der Waals surface area contributed by atoms with E-state index in [4.69, 9.17) is 0 Å². The zero-order valence-electron chi connectivity index (χ0n) is 11.7. The van der Waals surface area contributed by atoms with Crippen molar-refractivity contribution in [2.45, 2.75) is 58.9 Å². The molecule has 1 fully saturated rings. The third-order valence-corrected chi connectivity index (χ3v) is 5.30. The maximum atomic E-state index is 12.1. The fraction of sp³-hybridized carbons (Fsp3) is 1.00. The zero-order chi connectivity index (χ0) is 12.7. The molecule has 0 heterocycles. The van der Waals surface area contributed by atoms with Gasteiger partial charge in [-0.1, -0.05) is 33.6 Å². The van der Waals surface area contributed by atoms with Crippen molar-refractivity contribution in [1.82, 2.24) is 5.32 Å². The fourth-order valence-electron chi connectivity index (χ4n) is 2.53. The van der Waals surface area contributed by atoms with Crippen molar-refractivity contribution in [2.24, 2.45) is 11.8 Å². The second-order valence-corrected chi connectivity index (χ2v) is 7.27. The molecule has 0 aromatic carbocycles. The van der Waals surface area contributed by atoms with Crippen molar-refractivity contribution in [3.63, 3.8) is 0 Å². The Balaban J connectivity index is 2.29. The van der Waals surface area contributed by atoms with E-state index in [1.54, 1.807) is 0 Å². The van der Waals surface area contributed by atoms with Crippen LogP contribution in [0.5, 0.6) is 0 Å². The maximum absolute atomic E-state index is 12.1. The second kappa shape index (κ2) is 8.25. The zero-order valence-corrected chi connectivity index (χ0v) is 12.5. The second-order valence-electron chi connectivity index (χ2n) is 5.73. The lowest BCUT2D eigenvalue weighted by Crippen LogP contribution is -2.39. The molecule has 0 aromatic heterocycles. The van der Waals surface area contributed by atoms with Crippen LogP contribution < -0.4 is 5.32 Å². The molecule has 1 rings (SSSR count). The van der Waals surface area contributed by atoms with Crippen LogP contribution in [0.3, 0.4) is 0 Å². The van der Waals surface area contributed by atoms with E-state index in [0.29, 0.717) is 12.0 Å². The number of hydrogen-bond donors (Lipinski definition) is 1. The smallest absolute Gasteiger partial charge is 0.0391 e. The number of hydrogen-bond acceptors (Lipinski definition) is 2. The van der Waals surface area contributed by atoms with Gasteiger partial charge in [-0.25, -0.2) is 0 Å². The van der Waals surface area contributed by atoms with Gasteiger partial charge in [-0.2, -0.15) is 0 Å². The van der Waals surface area contributed by atoms with Gasteiger partial charge in [0.15, 0.2) is 0 Å². The Morgan fingerprint density at radius 1 is 1.29 bits per heavy atom. The lowest BCUT2D eigenvalue weighted by molar-refractivity contribution is 0.430. The van der Waals surface area contributed by atoms with Gasteiger partial charge in [0.25, 0.3) is 0 Å². The van der Waals surface area contributed by atoms with E-state index in [0.717, 1.165) is 30.4 Å². The first-order chi connectivity index (χ1) is 8.13. The largest absolute Gasteiger partial charge is 0.313 e. The van der Waals surface area contributed by atoms with Crippen LogP contribution in [0.2, 0.25) is 0 Å². The summed E-state index contributed by atoms with van der Waals surface area (Å²) >= 11 is 0. The molecule has 0 spiro atoms. The molecule has 0 bridgehead atoms. The summed E-state index contributed by atoms with van der Waals surface area (Å²) in [6.45, 7) is 7.67. The molecule has 1 aliphatic carbocycles. The van der Waals surface area contributed by atoms with Crippen molar-refractivity contribution in [2.75, 3.05) is 18.1 Å². The molecule has 2 atom stereocenters. The highest BCUT2D eigenvalue weighted by atomic mass is 32.2. The highest BCUT2D eigenvalue weighted by Gasteiger charge is 2.21. The summed E-state index contributed by atoms with van der Waals surface area (Å²) in [4.78, 5) is 0. The van der Waals surface area contributed by atoms with Gasteiger partial charge in [0.1, 0.15) is 0 Å². The quantitative estimate of drug-likeness (QED) is 0.726. The van der Waals surface area contributed by atoms with E-state index >= 15 is 0 Å². The van der Waals surface area contributed by atoms with Crippen LogP contribution in [0.15, 0.2) is 0 Å². The Morgan fingerprint density at radius 2 is 1.94 bits per heavy atom. The molecule has 0 aromatic rings. The van der Waals surface area contributed by atoms with Crippen molar-refractivity contribution in [3.8, 4) is 0 Å². The summed E-state index contributed by atoms with van der Waals surface area (Å²) in [6, 6.07) is 0.428. The predicted molar refractivity (Wildman–Crippen MR) is 76.8 cm³/mol. The van der Waals surface area contributed by atoms with Gasteiger partial charge in [-0.15, -0.1) is 0 Å². The van der Waals surface area contributed by atoms with Crippen LogP contribution >= 0.6 is 0 Å². The van der Waals surface area contributed by atoms with Gasteiger partial charge in [0.2, 0.25) is 0 Å². The predicted octanol–water partition coefficient (Wildman–Crippen LogP) is 2.95. The third kappa shape index (κ3) is 6.01. The maximum Gasteiger partial charge on any atom is 0.0391 e.